The molecule has 3 aromatic rings. The number of hydrogen-bond donors (Lipinski definition) is 1. The molecule has 0 aliphatic carbocycles. The van der Waals surface area contributed by atoms with E-state index in [4.69, 9.17) is 16.3 Å². The Kier molecular flexibility index (Phi) is 4.04. The van der Waals surface area contributed by atoms with Crippen molar-refractivity contribution in [2.75, 3.05) is 10.2 Å². The van der Waals surface area contributed by atoms with E-state index in [9.17, 15) is 0 Å². The molecule has 0 spiro atoms. The number of nitrogens with zero attached hydrogens (tertiary/aromatic N) is 4. The first kappa shape index (κ1) is 19.2. The number of anilines is 2. The average molecular weight is 422 g/mol. The number of halogens is 1. The normalized spacial score (nSPS) is 22.0. The number of aryl methyl sites for hydroxylation is 1. The van der Waals surface area contributed by atoms with Crippen LogP contribution in [0.25, 0.3) is 5.69 Å². The Labute approximate surface area is 181 Å². The van der Waals surface area contributed by atoms with E-state index in [1.807, 2.05) is 31.2 Å². The summed E-state index contributed by atoms with van der Waals surface area (Å²) in [6, 6.07) is 12.2. The molecule has 2 unspecified atom stereocenters. The summed E-state index contributed by atoms with van der Waals surface area (Å²) < 4.78 is 8.29. The second kappa shape index (κ2) is 6.33. The molecule has 2 aliphatic heterocycles. The molecule has 2 aromatic carbocycles. The van der Waals surface area contributed by atoms with Crippen molar-refractivity contribution in [3.8, 4) is 5.69 Å². The SMILES string of the molecule is C=CC(C)c1ccc2c(c1)NC1(c3cc(Cl)ccc3-n3cnc(C)n3)OC(C)(C)N21. The first-order chi connectivity index (χ1) is 14.2. The summed E-state index contributed by atoms with van der Waals surface area (Å²) in [4.78, 5) is 6.55. The lowest BCUT2D eigenvalue weighted by molar-refractivity contribution is -0.238. The van der Waals surface area contributed by atoms with Gasteiger partial charge in [0, 0.05) is 5.02 Å². The van der Waals surface area contributed by atoms with Crippen LogP contribution in [0.15, 0.2) is 55.4 Å². The Morgan fingerprint density at radius 1 is 1.20 bits per heavy atom. The topological polar surface area (TPSA) is 55.2 Å². The number of fused-ring (bicyclic) bond motifs is 3. The van der Waals surface area contributed by atoms with E-state index in [0.29, 0.717) is 10.8 Å². The van der Waals surface area contributed by atoms with Gasteiger partial charge < -0.3 is 10.1 Å². The van der Waals surface area contributed by atoms with Crippen LogP contribution < -0.4 is 10.2 Å². The van der Waals surface area contributed by atoms with Crippen LogP contribution in [0.2, 0.25) is 5.02 Å². The molecule has 7 heteroatoms. The number of ether oxygens (including phenoxy) is 1. The fourth-order valence-electron chi connectivity index (χ4n) is 4.47. The van der Waals surface area contributed by atoms with Gasteiger partial charge in [0.05, 0.1) is 22.6 Å². The lowest BCUT2D eigenvalue weighted by Crippen LogP contribution is -2.73. The van der Waals surface area contributed by atoms with E-state index in [1.54, 1.807) is 11.0 Å². The number of rotatable bonds is 4. The largest absolute Gasteiger partial charge is 0.334 e. The molecular weight excluding hydrogens is 398 g/mol. The van der Waals surface area contributed by atoms with Gasteiger partial charge in [0.15, 0.2) is 0 Å². The van der Waals surface area contributed by atoms with E-state index in [1.165, 1.54) is 5.56 Å². The second-order valence-corrected chi connectivity index (χ2v) is 8.79. The van der Waals surface area contributed by atoms with Crippen LogP contribution in [-0.4, -0.2) is 20.5 Å². The molecule has 6 nitrogen and oxygen atoms in total. The Bertz CT molecular complexity index is 1170. The van der Waals surface area contributed by atoms with Crippen molar-refractivity contribution in [3.05, 3.63) is 77.4 Å². The van der Waals surface area contributed by atoms with E-state index in [0.717, 1.165) is 22.6 Å². The summed E-state index contributed by atoms with van der Waals surface area (Å²) in [6.45, 7) is 12.1. The molecule has 30 heavy (non-hydrogen) atoms. The highest BCUT2D eigenvalue weighted by Crippen LogP contribution is 2.59. The zero-order chi connectivity index (χ0) is 21.3. The standard InChI is InChI=1S/C23H24ClN5O/c1-6-14(2)16-7-9-21-19(11-16)26-23(29(21)22(4,5)30-23)18-12-17(24)8-10-20(18)28-13-25-15(3)27-28/h6-14,26H,1H2,2-5H3. The van der Waals surface area contributed by atoms with Crippen molar-refractivity contribution in [1.29, 1.82) is 0 Å². The lowest BCUT2D eigenvalue weighted by Gasteiger charge is -2.60. The number of allylic oxidation sites excluding steroid dienone is 1. The van der Waals surface area contributed by atoms with E-state index < -0.39 is 11.6 Å². The van der Waals surface area contributed by atoms with Gasteiger partial charge in [0.2, 0.25) is 0 Å². The number of nitrogens with one attached hydrogen (secondary N) is 1. The van der Waals surface area contributed by atoms with Gasteiger partial charge in [-0.05, 0) is 62.6 Å². The van der Waals surface area contributed by atoms with E-state index in [-0.39, 0.29) is 5.92 Å². The number of aromatic nitrogens is 3. The average Bonchev–Trinajstić information content (AvgIpc) is 3.25. The molecule has 1 aromatic heterocycles. The molecule has 154 valence electrons. The van der Waals surface area contributed by atoms with Crippen LogP contribution in [0, 0.1) is 6.92 Å². The minimum absolute atomic E-state index is 0.259. The second-order valence-electron chi connectivity index (χ2n) is 8.35. The van der Waals surface area contributed by atoms with Crippen LogP contribution in [0.5, 0.6) is 0 Å². The van der Waals surface area contributed by atoms with Gasteiger partial charge in [-0.2, -0.15) is 5.10 Å². The van der Waals surface area contributed by atoms with E-state index in [2.05, 4.69) is 65.8 Å². The maximum atomic E-state index is 6.53. The molecular formula is C23H24ClN5O. The van der Waals surface area contributed by atoms with Crippen molar-refractivity contribution < 1.29 is 4.74 Å². The molecule has 5 rings (SSSR count). The van der Waals surface area contributed by atoms with Crippen LogP contribution in [0.4, 0.5) is 11.4 Å². The minimum Gasteiger partial charge on any atom is -0.334 e. The predicted octanol–water partition coefficient (Wildman–Crippen LogP) is 5.33. The summed E-state index contributed by atoms with van der Waals surface area (Å²) >= 11 is 6.43. The zero-order valence-corrected chi connectivity index (χ0v) is 18.2. The Morgan fingerprint density at radius 2 is 1.97 bits per heavy atom. The van der Waals surface area contributed by atoms with Crippen molar-refractivity contribution >= 4 is 23.0 Å². The maximum absolute atomic E-state index is 6.53. The molecule has 0 radical (unpaired) electrons. The number of benzene rings is 2. The Morgan fingerprint density at radius 3 is 2.63 bits per heavy atom. The Balaban J connectivity index is 1.68. The van der Waals surface area contributed by atoms with E-state index >= 15 is 0 Å². The molecule has 0 bridgehead atoms. The van der Waals surface area contributed by atoms with Gasteiger partial charge in [0.1, 0.15) is 17.9 Å². The van der Waals surface area contributed by atoms with Crippen molar-refractivity contribution in [3.63, 3.8) is 0 Å². The number of hydrogen-bond acceptors (Lipinski definition) is 5. The fraction of sp³-hybridized carbons (Fsp3) is 0.304. The third kappa shape index (κ3) is 2.60. The highest BCUT2D eigenvalue weighted by Gasteiger charge is 2.64. The smallest absolute Gasteiger partial charge is 0.253 e. The quantitative estimate of drug-likeness (QED) is 0.577. The Hall–Kier alpha value is -2.83. The van der Waals surface area contributed by atoms with Gasteiger partial charge in [-0.3, -0.25) is 4.90 Å². The monoisotopic (exact) mass is 421 g/mol. The summed E-state index contributed by atoms with van der Waals surface area (Å²) in [5.41, 5.74) is 4.57. The summed E-state index contributed by atoms with van der Waals surface area (Å²) in [6.07, 6.45) is 3.66. The van der Waals surface area contributed by atoms with Crippen LogP contribution >= 0.6 is 11.6 Å². The molecule has 1 saturated heterocycles. The van der Waals surface area contributed by atoms with Crippen molar-refractivity contribution in [2.24, 2.45) is 0 Å². The first-order valence-corrected chi connectivity index (χ1v) is 10.4. The predicted molar refractivity (Wildman–Crippen MR) is 119 cm³/mol. The van der Waals surface area contributed by atoms with Crippen LogP contribution in [0.1, 0.15) is 43.6 Å². The van der Waals surface area contributed by atoms with Gasteiger partial charge in [-0.15, -0.1) is 6.58 Å². The molecule has 2 atom stereocenters. The molecule has 2 aliphatic rings. The molecule has 1 fully saturated rings. The van der Waals surface area contributed by atoms with Crippen molar-refractivity contribution in [1.82, 2.24) is 14.8 Å². The third-order valence-electron chi connectivity index (χ3n) is 5.87. The summed E-state index contributed by atoms with van der Waals surface area (Å²) in [5, 5.41) is 8.77. The highest BCUT2D eigenvalue weighted by atomic mass is 35.5. The first-order valence-electron chi connectivity index (χ1n) is 9.99. The van der Waals surface area contributed by atoms with Gasteiger partial charge in [-0.1, -0.05) is 30.7 Å². The fourth-order valence-corrected chi connectivity index (χ4v) is 4.64. The maximum Gasteiger partial charge on any atom is 0.253 e. The highest BCUT2D eigenvalue weighted by molar-refractivity contribution is 6.30. The van der Waals surface area contributed by atoms with Crippen molar-refractivity contribution in [2.45, 2.75) is 45.2 Å². The molecule has 0 saturated carbocycles. The van der Waals surface area contributed by atoms with Gasteiger partial charge in [0.25, 0.3) is 5.85 Å². The molecule has 1 N–H and O–H groups in total. The summed E-state index contributed by atoms with van der Waals surface area (Å²) in [5.74, 6) is 0.0861. The zero-order valence-electron chi connectivity index (χ0n) is 17.5. The minimum atomic E-state index is -0.873. The van der Waals surface area contributed by atoms with Crippen LogP contribution in [0.3, 0.4) is 0 Å². The molecule has 3 heterocycles. The molecule has 0 amide bonds. The third-order valence-corrected chi connectivity index (χ3v) is 6.11. The van der Waals surface area contributed by atoms with Gasteiger partial charge in [-0.25, -0.2) is 9.67 Å². The van der Waals surface area contributed by atoms with Gasteiger partial charge >= 0.3 is 0 Å². The summed E-state index contributed by atoms with van der Waals surface area (Å²) in [7, 11) is 0. The lowest BCUT2D eigenvalue weighted by atomic mass is 9.98. The van der Waals surface area contributed by atoms with Crippen LogP contribution in [-0.2, 0) is 10.6 Å².